The molecule has 2 heterocycles. The van der Waals surface area contributed by atoms with Crippen molar-refractivity contribution in [3.8, 4) is 0 Å². The lowest BCUT2D eigenvalue weighted by atomic mass is 10.0. The summed E-state index contributed by atoms with van der Waals surface area (Å²) in [6.07, 6.45) is 30.9. The number of rotatable bonds is 39. The Balaban J connectivity index is 1.64. The minimum Gasteiger partial charge on any atom is -0.462 e. The van der Waals surface area contributed by atoms with E-state index in [1.807, 2.05) is 0 Å². The topological polar surface area (TPSA) is 162 Å². The molecule has 1 unspecified atom stereocenters. The van der Waals surface area contributed by atoms with E-state index in [9.17, 15) is 23.8 Å². The van der Waals surface area contributed by atoms with E-state index in [-0.39, 0.29) is 62.1 Å². The van der Waals surface area contributed by atoms with E-state index in [2.05, 4.69) is 29.8 Å². The smallest absolute Gasteiger partial charge is 0.462 e. The van der Waals surface area contributed by atoms with Crippen LogP contribution in [-0.4, -0.2) is 78.5 Å². The van der Waals surface area contributed by atoms with Crippen molar-refractivity contribution >= 4 is 37.6 Å². The Morgan fingerprint density at radius 2 is 1.16 bits per heavy atom. The zero-order valence-corrected chi connectivity index (χ0v) is 36.9. The molecule has 2 fully saturated rings. The third-order valence-electron chi connectivity index (χ3n) is 10.7. The second-order valence-electron chi connectivity index (χ2n) is 15.8. The summed E-state index contributed by atoms with van der Waals surface area (Å²) in [5.41, 5.74) is 0. The molecule has 12 nitrogen and oxygen atoms in total. The number of ether oxygens (including phenoxy) is 2. The van der Waals surface area contributed by atoms with Gasteiger partial charge < -0.3 is 30.3 Å². The Morgan fingerprint density at radius 3 is 1.66 bits per heavy atom. The van der Waals surface area contributed by atoms with E-state index in [1.165, 1.54) is 122 Å². The third-order valence-corrected chi connectivity index (χ3v) is 13.0. The van der Waals surface area contributed by atoms with Crippen LogP contribution in [0.4, 0.5) is 4.79 Å². The maximum absolute atomic E-state index is 12.7. The molecule has 0 aromatic heterocycles. The maximum atomic E-state index is 12.7. The van der Waals surface area contributed by atoms with Crippen LogP contribution in [0.2, 0.25) is 0 Å². The second kappa shape index (κ2) is 33.5. The third kappa shape index (κ3) is 26.6. The minimum absolute atomic E-state index is 0.0466. The first-order valence-electron chi connectivity index (χ1n) is 22.6. The van der Waals surface area contributed by atoms with Gasteiger partial charge in [-0.2, -0.15) is 0 Å². The highest BCUT2D eigenvalue weighted by Gasteiger charge is 2.42. The van der Waals surface area contributed by atoms with E-state index < -0.39 is 26.5 Å². The molecule has 4 N–H and O–H groups in total. The highest BCUT2D eigenvalue weighted by atomic mass is 32.2. The predicted octanol–water partition coefficient (Wildman–Crippen LogP) is 10.3. The lowest BCUT2D eigenvalue weighted by Gasteiger charge is -2.21. The van der Waals surface area contributed by atoms with Crippen molar-refractivity contribution in [1.82, 2.24) is 16.0 Å². The van der Waals surface area contributed by atoms with E-state index in [0.29, 0.717) is 6.42 Å². The standard InChI is InChI=1S/C42H80N3O9PS/c1-3-5-7-9-11-13-15-17-19-21-23-25-27-29-38(46)51-33-36(54-39(47)30-28-26-24-22-20-18-16-14-12-10-8-6-4-2)34-53-55(49,50)52-32-31-43-41-40-37(35-56-41)44-42(48)45-40/h36-37,40-41,43H,3-35H2,1-2H3,(H,49,50)(H2,44,45,48)/t36-,37+,40+,41+/m1/s1. The molecule has 0 bridgehead atoms. The second-order valence-corrected chi connectivity index (χ2v) is 18.5. The van der Waals surface area contributed by atoms with Crippen LogP contribution in [0.3, 0.4) is 0 Å². The Labute approximate surface area is 344 Å². The van der Waals surface area contributed by atoms with E-state index in [0.717, 1.165) is 44.3 Å². The molecule has 328 valence electrons. The number of esters is 2. The molecule has 0 spiro atoms. The van der Waals surface area contributed by atoms with Gasteiger partial charge in [-0.1, -0.05) is 168 Å². The molecule has 2 aliphatic rings. The number of hydrogen-bond donors (Lipinski definition) is 4. The number of thioether (sulfide) groups is 1. The van der Waals surface area contributed by atoms with Crippen LogP contribution in [-0.2, 0) is 32.7 Å². The fourth-order valence-electron chi connectivity index (χ4n) is 7.25. The van der Waals surface area contributed by atoms with Crippen LogP contribution in [0.5, 0.6) is 0 Å². The Kier molecular flexibility index (Phi) is 30.3. The van der Waals surface area contributed by atoms with Gasteiger partial charge in [0.1, 0.15) is 6.61 Å². The minimum atomic E-state index is -4.49. The normalized spacial score (nSPS) is 19.3. The maximum Gasteiger partial charge on any atom is 0.472 e. The van der Waals surface area contributed by atoms with Crippen LogP contribution in [0.1, 0.15) is 194 Å². The fourth-order valence-corrected chi connectivity index (χ4v) is 9.41. The Hall–Kier alpha value is -1.37. The first-order chi connectivity index (χ1) is 27.2. The highest BCUT2D eigenvalue weighted by molar-refractivity contribution is 8.00. The van der Waals surface area contributed by atoms with E-state index in [1.54, 1.807) is 11.8 Å². The van der Waals surface area contributed by atoms with E-state index >= 15 is 0 Å². The summed E-state index contributed by atoms with van der Waals surface area (Å²) in [4.78, 5) is 47.2. The number of phosphoric ester groups is 1. The molecule has 14 heteroatoms. The van der Waals surface area contributed by atoms with Crippen molar-refractivity contribution in [1.29, 1.82) is 0 Å². The molecule has 2 aliphatic heterocycles. The zero-order valence-electron chi connectivity index (χ0n) is 35.2. The van der Waals surface area contributed by atoms with Gasteiger partial charge in [0.15, 0.2) is 6.10 Å². The van der Waals surface area contributed by atoms with Crippen LogP contribution in [0, 0.1) is 0 Å². The lowest BCUT2D eigenvalue weighted by molar-refractivity contribution is -0.161. The van der Waals surface area contributed by atoms with Gasteiger partial charge in [0, 0.05) is 25.1 Å². The molecule has 0 aromatic rings. The van der Waals surface area contributed by atoms with Crippen molar-refractivity contribution in [3.63, 3.8) is 0 Å². The molecule has 0 aliphatic carbocycles. The van der Waals surface area contributed by atoms with Crippen LogP contribution in [0.25, 0.3) is 0 Å². The first-order valence-corrected chi connectivity index (χ1v) is 25.2. The van der Waals surface area contributed by atoms with Crippen molar-refractivity contribution in [2.45, 2.75) is 217 Å². The Bertz CT molecular complexity index is 1070. The van der Waals surface area contributed by atoms with Gasteiger partial charge in [-0.3, -0.25) is 18.6 Å². The predicted molar refractivity (Wildman–Crippen MR) is 227 cm³/mol. The van der Waals surface area contributed by atoms with E-state index in [4.69, 9.17) is 18.5 Å². The number of unbranched alkanes of at least 4 members (excludes halogenated alkanes) is 24. The fraction of sp³-hybridized carbons (Fsp3) is 0.929. The number of fused-ring (bicyclic) bond motifs is 1. The largest absolute Gasteiger partial charge is 0.472 e. The molecular weight excluding hydrogens is 754 g/mol. The molecule has 2 rings (SSSR count). The number of carbonyl (C=O) groups is 3. The van der Waals surface area contributed by atoms with Gasteiger partial charge >= 0.3 is 25.8 Å². The first kappa shape index (κ1) is 50.8. The molecule has 5 atom stereocenters. The van der Waals surface area contributed by atoms with Gasteiger partial charge in [-0.05, 0) is 12.8 Å². The highest BCUT2D eigenvalue weighted by Crippen LogP contribution is 2.43. The lowest BCUT2D eigenvalue weighted by Crippen LogP contribution is -2.45. The summed E-state index contributed by atoms with van der Waals surface area (Å²) in [6, 6.07) is -0.209. The molecule has 2 amide bonds. The van der Waals surface area contributed by atoms with Crippen molar-refractivity contribution in [3.05, 3.63) is 0 Å². The molecule has 0 aromatic carbocycles. The van der Waals surface area contributed by atoms with Gasteiger partial charge in [0.2, 0.25) is 0 Å². The summed E-state index contributed by atoms with van der Waals surface area (Å²) in [7, 11) is -4.49. The molecule has 56 heavy (non-hydrogen) atoms. The summed E-state index contributed by atoms with van der Waals surface area (Å²) < 4.78 is 34.1. The molecule has 0 radical (unpaired) electrons. The summed E-state index contributed by atoms with van der Waals surface area (Å²) in [5, 5.41) is 8.93. The van der Waals surface area contributed by atoms with Crippen LogP contribution in [0.15, 0.2) is 0 Å². The molecule has 2 saturated heterocycles. The van der Waals surface area contributed by atoms with Crippen molar-refractivity contribution in [2.75, 3.05) is 32.1 Å². The molecular formula is C42H80N3O9PS. The number of urea groups is 1. The number of hydrogen-bond acceptors (Lipinski definition) is 10. The SMILES string of the molecule is CCCCCCCCCCCCCCCC(=O)OC[C@H](COP(=O)(O)OCCN[C@H]1SC[C@@H]2NC(=O)N[C@@H]21)OC(=O)CCCCCCCCCCCCCCC. The number of amides is 2. The average Bonchev–Trinajstić information content (AvgIpc) is 3.74. The van der Waals surface area contributed by atoms with Crippen LogP contribution >= 0.6 is 19.6 Å². The van der Waals surface area contributed by atoms with Crippen molar-refractivity contribution < 1.29 is 42.4 Å². The van der Waals surface area contributed by atoms with Gasteiger partial charge in [-0.15, -0.1) is 11.8 Å². The summed E-state index contributed by atoms with van der Waals surface area (Å²) in [5.74, 6) is -0.0683. The number of phosphoric acid groups is 1. The monoisotopic (exact) mass is 834 g/mol. The van der Waals surface area contributed by atoms with Gasteiger partial charge in [-0.25, -0.2) is 9.36 Å². The summed E-state index contributed by atoms with van der Waals surface area (Å²) in [6.45, 7) is 3.94. The van der Waals surface area contributed by atoms with Crippen molar-refractivity contribution in [2.24, 2.45) is 0 Å². The quantitative estimate of drug-likeness (QED) is 0.0202. The van der Waals surface area contributed by atoms with Crippen LogP contribution < -0.4 is 16.0 Å². The zero-order chi connectivity index (χ0) is 40.5. The average molecular weight is 834 g/mol. The molecule has 0 saturated carbocycles. The number of nitrogens with one attached hydrogen (secondary N) is 3. The van der Waals surface area contributed by atoms with Gasteiger partial charge in [0.05, 0.1) is 30.7 Å². The van der Waals surface area contributed by atoms with Gasteiger partial charge in [0.25, 0.3) is 0 Å². The number of carbonyl (C=O) groups excluding carboxylic acids is 3. The Morgan fingerprint density at radius 1 is 0.696 bits per heavy atom. The summed E-state index contributed by atoms with van der Waals surface area (Å²) >= 11 is 1.65.